The largest absolute Gasteiger partial charge is 0.497 e. The third kappa shape index (κ3) is 7.82. The molecule has 208 valence electrons. The van der Waals surface area contributed by atoms with E-state index in [4.69, 9.17) is 4.74 Å². The molecule has 0 atom stereocenters. The number of carbonyl (C=O) groups is 2. The van der Waals surface area contributed by atoms with E-state index in [1.807, 2.05) is 48.7 Å². The van der Waals surface area contributed by atoms with E-state index in [1.54, 1.807) is 53.3 Å². The first kappa shape index (κ1) is 28.6. The van der Waals surface area contributed by atoms with Crippen molar-refractivity contribution in [1.29, 1.82) is 0 Å². The molecule has 0 saturated carbocycles. The van der Waals surface area contributed by atoms with Crippen LogP contribution in [0.2, 0.25) is 0 Å². The van der Waals surface area contributed by atoms with Gasteiger partial charge >= 0.3 is 0 Å². The van der Waals surface area contributed by atoms with Crippen LogP contribution in [0.15, 0.2) is 97.2 Å². The highest BCUT2D eigenvalue weighted by Crippen LogP contribution is 2.17. The van der Waals surface area contributed by atoms with Crippen LogP contribution in [0.25, 0.3) is 0 Å². The first-order valence-corrected chi connectivity index (χ1v) is 13.6. The lowest BCUT2D eigenvalue weighted by Crippen LogP contribution is -2.43. The van der Waals surface area contributed by atoms with Crippen molar-refractivity contribution in [3.05, 3.63) is 125 Å². The van der Waals surface area contributed by atoms with Gasteiger partial charge in [0.2, 0.25) is 5.91 Å². The number of ether oxygens (including phenoxy) is 1. The van der Waals surface area contributed by atoms with E-state index < -0.39 is 0 Å². The highest BCUT2D eigenvalue weighted by molar-refractivity contribution is 5.96. The van der Waals surface area contributed by atoms with Crippen LogP contribution in [-0.4, -0.2) is 46.4 Å². The summed E-state index contributed by atoms with van der Waals surface area (Å²) in [7, 11) is 1.58. The van der Waals surface area contributed by atoms with Gasteiger partial charge in [-0.1, -0.05) is 55.8 Å². The summed E-state index contributed by atoms with van der Waals surface area (Å²) in [5, 5.41) is 0. The maximum absolute atomic E-state index is 13.9. The van der Waals surface area contributed by atoms with Gasteiger partial charge in [0.15, 0.2) is 0 Å². The Labute approximate surface area is 235 Å². The highest BCUT2D eigenvalue weighted by Gasteiger charge is 2.23. The summed E-state index contributed by atoms with van der Waals surface area (Å²) in [5.74, 6) is 0.0958. The third-order valence-corrected chi connectivity index (χ3v) is 6.84. The van der Waals surface area contributed by atoms with Gasteiger partial charge in [-0.15, -0.1) is 0 Å². The van der Waals surface area contributed by atoms with Crippen molar-refractivity contribution in [2.24, 2.45) is 0 Å². The third-order valence-electron chi connectivity index (χ3n) is 6.84. The molecule has 2 amide bonds. The van der Waals surface area contributed by atoms with E-state index in [0.29, 0.717) is 37.5 Å². The van der Waals surface area contributed by atoms with Crippen molar-refractivity contribution >= 4 is 11.8 Å². The quantitative estimate of drug-likeness (QED) is 0.204. The smallest absolute Gasteiger partial charge is 0.254 e. The fourth-order valence-corrected chi connectivity index (χ4v) is 4.55. The van der Waals surface area contributed by atoms with Gasteiger partial charge in [0, 0.05) is 37.1 Å². The van der Waals surface area contributed by atoms with E-state index in [1.165, 1.54) is 12.1 Å². The molecule has 0 unspecified atom stereocenters. The van der Waals surface area contributed by atoms with Crippen LogP contribution < -0.4 is 4.74 Å². The normalized spacial score (nSPS) is 10.8. The number of hydrogen-bond acceptors (Lipinski definition) is 3. The number of rotatable bonds is 13. The van der Waals surface area contributed by atoms with Gasteiger partial charge in [-0.2, -0.15) is 0 Å². The second-order valence-electron chi connectivity index (χ2n) is 9.80. The van der Waals surface area contributed by atoms with E-state index in [0.717, 1.165) is 29.7 Å². The summed E-state index contributed by atoms with van der Waals surface area (Å²) in [6.07, 6.45) is 3.67. The van der Waals surface area contributed by atoms with Crippen LogP contribution in [0, 0.1) is 5.82 Å². The zero-order valence-electron chi connectivity index (χ0n) is 23.1. The Morgan fingerprint density at radius 3 is 2.23 bits per heavy atom. The molecule has 0 aliphatic rings. The van der Waals surface area contributed by atoms with Crippen molar-refractivity contribution in [3.8, 4) is 5.75 Å². The van der Waals surface area contributed by atoms with Gasteiger partial charge < -0.3 is 19.1 Å². The summed E-state index contributed by atoms with van der Waals surface area (Å²) >= 11 is 0. The first-order valence-electron chi connectivity index (χ1n) is 13.6. The molecule has 0 fully saturated rings. The molecule has 0 saturated heterocycles. The zero-order valence-corrected chi connectivity index (χ0v) is 23.1. The SMILES string of the molecule is CCCCN(CC(=O)N(Cc1ccccc1)Cc1cccn1Cc1ccc(F)cc1)C(=O)c1ccc(OC)cc1. The Kier molecular flexibility index (Phi) is 10.1. The summed E-state index contributed by atoms with van der Waals surface area (Å²) in [5.41, 5.74) is 3.45. The Morgan fingerprint density at radius 1 is 0.825 bits per heavy atom. The molecule has 0 N–H and O–H groups in total. The molecule has 4 rings (SSSR count). The monoisotopic (exact) mass is 541 g/mol. The lowest BCUT2D eigenvalue weighted by Gasteiger charge is -2.28. The molecular formula is C33H36FN3O3. The molecule has 0 aliphatic carbocycles. The van der Waals surface area contributed by atoms with Gasteiger partial charge in [0.25, 0.3) is 5.91 Å². The van der Waals surface area contributed by atoms with E-state index in [9.17, 15) is 14.0 Å². The molecule has 6 nitrogen and oxygen atoms in total. The van der Waals surface area contributed by atoms with Crippen LogP contribution in [-0.2, 0) is 24.4 Å². The number of carbonyl (C=O) groups excluding carboxylic acids is 2. The minimum Gasteiger partial charge on any atom is -0.497 e. The van der Waals surface area contributed by atoms with Crippen molar-refractivity contribution < 1.29 is 18.7 Å². The molecule has 3 aromatic carbocycles. The summed E-state index contributed by atoms with van der Waals surface area (Å²) < 4.78 is 20.7. The minimum absolute atomic E-state index is 0.0175. The second kappa shape index (κ2) is 14.1. The standard InChI is InChI=1S/C33H36FN3O3/c1-3-4-20-36(33(39)28-14-18-31(40-2)19-15-28)25-32(38)37(23-26-9-6-5-7-10-26)24-30-11-8-21-35(30)22-27-12-16-29(34)17-13-27/h5-19,21H,3-4,20,22-25H2,1-2H3. The maximum atomic E-state index is 13.9. The second-order valence-corrected chi connectivity index (χ2v) is 9.80. The molecule has 7 heteroatoms. The number of nitrogens with zero attached hydrogens (tertiary/aromatic N) is 3. The van der Waals surface area contributed by atoms with Crippen molar-refractivity contribution in [3.63, 3.8) is 0 Å². The topological polar surface area (TPSA) is 54.8 Å². The van der Waals surface area contributed by atoms with Crippen LogP contribution in [0.1, 0.15) is 46.9 Å². The van der Waals surface area contributed by atoms with Gasteiger partial charge in [-0.25, -0.2) is 4.39 Å². The van der Waals surface area contributed by atoms with Gasteiger partial charge in [-0.3, -0.25) is 9.59 Å². The predicted molar refractivity (Wildman–Crippen MR) is 154 cm³/mol. The lowest BCUT2D eigenvalue weighted by atomic mass is 10.1. The average molecular weight is 542 g/mol. The van der Waals surface area contributed by atoms with Crippen molar-refractivity contribution in [1.82, 2.24) is 14.4 Å². The Balaban J connectivity index is 1.55. The molecule has 1 heterocycles. The molecule has 1 aromatic heterocycles. The highest BCUT2D eigenvalue weighted by atomic mass is 19.1. The fourth-order valence-electron chi connectivity index (χ4n) is 4.55. The Bertz CT molecular complexity index is 1370. The number of benzene rings is 3. The van der Waals surface area contributed by atoms with Crippen molar-refractivity contribution in [2.45, 2.75) is 39.4 Å². The number of hydrogen-bond donors (Lipinski definition) is 0. The molecule has 40 heavy (non-hydrogen) atoms. The summed E-state index contributed by atoms with van der Waals surface area (Å²) in [6, 6.07) is 27.2. The Hall–Kier alpha value is -4.39. The summed E-state index contributed by atoms with van der Waals surface area (Å²) in [4.78, 5) is 30.7. The maximum Gasteiger partial charge on any atom is 0.254 e. The van der Waals surface area contributed by atoms with E-state index in [2.05, 4.69) is 11.5 Å². The van der Waals surface area contributed by atoms with E-state index >= 15 is 0 Å². The number of amides is 2. The summed E-state index contributed by atoms with van der Waals surface area (Å²) in [6.45, 7) is 3.90. The van der Waals surface area contributed by atoms with Crippen LogP contribution in [0.4, 0.5) is 4.39 Å². The molecule has 4 aromatic rings. The van der Waals surface area contributed by atoms with Crippen LogP contribution in [0.3, 0.4) is 0 Å². The van der Waals surface area contributed by atoms with Gasteiger partial charge in [-0.05, 0) is 66.1 Å². The number of halogens is 1. The lowest BCUT2D eigenvalue weighted by molar-refractivity contribution is -0.133. The van der Waals surface area contributed by atoms with Gasteiger partial charge in [0.05, 0.1) is 13.7 Å². The number of methoxy groups -OCH3 is 1. The zero-order chi connectivity index (χ0) is 28.3. The Morgan fingerprint density at radius 2 is 1.55 bits per heavy atom. The van der Waals surface area contributed by atoms with Crippen molar-refractivity contribution in [2.75, 3.05) is 20.2 Å². The number of unbranched alkanes of at least 4 members (excludes halogenated alkanes) is 1. The molecule has 0 bridgehead atoms. The molecule has 0 radical (unpaired) electrons. The van der Waals surface area contributed by atoms with Crippen LogP contribution in [0.5, 0.6) is 5.75 Å². The van der Waals surface area contributed by atoms with Gasteiger partial charge in [0.1, 0.15) is 18.1 Å². The fraction of sp³-hybridized carbons (Fsp3) is 0.273. The molecule has 0 aliphatic heterocycles. The average Bonchev–Trinajstić information content (AvgIpc) is 3.42. The van der Waals surface area contributed by atoms with E-state index in [-0.39, 0.29) is 24.2 Å². The van der Waals surface area contributed by atoms with Crippen LogP contribution >= 0.6 is 0 Å². The molecule has 0 spiro atoms. The minimum atomic E-state index is -0.270. The predicted octanol–water partition coefficient (Wildman–Crippen LogP) is 6.16. The molecular weight excluding hydrogens is 505 g/mol. The number of aromatic nitrogens is 1. The first-order chi connectivity index (χ1) is 19.5.